The number of nitriles is 2. The number of carbonyl (C=O) groups excluding carboxylic acids is 1. The van der Waals surface area contributed by atoms with Crippen LogP contribution in [0, 0.1) is 22.7 Å². The highest BCUT2D eigenvalue weighted by atomic mass is 35.5. The Morgan fingerprint density at radius 1 is 1.35 bits per heavy atom. The summed E-state index contributed by atoms with van der Waals surface area (Å²) in [5.74, 6) is 0.367. The van der Waals surface area contributed by atoms with Crippen LogP contribution >= 0.6 is 23.4 Å². The van der Waals surface area contributed by atoms with Crippen molar-refractivity contribution >= 4 is 40.9 Å². The molecule has 0 spiro atoms. The lowest BCUT2D eigenvalue weighted by atomic mass is 10.0. The molecule has 1 saturated carbocycles. The molecule has 3 rings (SSSR count). The maximum absolute atomic E-state index is 12.1. The Morgan fingerprint density at radius 2 is 2.08 bits per heavy atom. The topological polar surface area (TPSA) is 128 Å². The smallest absolute Gasteiger partial charge is 0.235 e. The molecule has 7 nitrogen and oxygen atoms in total. The normalized spacial score (nSPS) is 12.9. The van der Waals surface area contributed by atoms with E-state index in [-0.39, 0.29) is 29.0 Å². The Bertz CT molecular complexity index is 944. The van der Waals surface area contributed by atoms with E-state index in [1.807, 2.05) is 6.07 Å². The number of pyridine rings is 2. The molecule has 0 saturated heterocycles. The second-order valence-corrected chi connectivity index (χ2v) is 7.06. The van der Waals surface area contributed by atoms with Crippen molar-refractivity contribution < 1.29 is 4.79 Å². The highest BCUT2D eigenvalue weighted by Crippen LogP contribution is 2.45. The molecule has 130 valence electrons. The van der Waals surface area contributed by atoms with Crippen LogP contribution in [0.1, 0.15) is 35.4 Å². The molecule has 3 N–H and O–H groups in total. The molecule has 2 heterocycles. The van der Waals surface area contributed by atoms with E-state index in [2.05, 4.69) is 21.4 Å². The van der Waals surface area contributed by atoms with Crippen molar-refractivity contribution in [1.29, 1.82) is 10.5 Å². The Morgan fingerprint density at radius 3 is 2.65 bits per heavy atom. The van der Waals surface area contributed by atoms with E-state index in [0.29, 0.717) is 27.0 Å². The third-order valence-corrected chi connectivity index (χ3v) is 4.97. The van der Waals surface area contributed by atoms with Crippen molar-refractivity contribution in [3.8, 4) is 12.1 Å². The Balaban J connectivity index is 1.77. The number of halogens is 1. The van der Waals surface area contributed by atoms with E-state index in [0.717, 1.165) is 24.6 Å². The van der Waals surface area contributed by atoms with Crippen molar-refractivity contribution in [3.05, 3.63) is 40.0 Å². The first kappa shape index (κ1) is 18.0. The predicted molar refractivity (Wildman–Crippen MR) is 98.7 cm³/mol. The minimum atomic E-state index is -0.300. The van der Waals surface area contributed by atoms with Gasteiger partial charge in [0.1, 0.15) is 28.8 Å². The van der Waals surface area contributed by atoms with Crippen molar-refractivity contribution in [2.45, 2.75) is 23.8 Å². The number of hydrogen-bond donors (Lipinski definition) is 2. The Labute approximate surface area is 159 Å². The minimum absolute atomic E-state index is 0.0292. The first-order chi connectivity index (χ1) is 12.5. The summed E-state index contributed by atoms with van der Waals surface area (Å²) in [5.41, 5.74) is 7.14. The summed E-state index contributed by atoms with van der Waals surface area (Å²) >= 11 is 6.86. The van der Waals surface area contributed by atoms with Gasteiger partial charge in [-0.05, 0) is 36.5 Å². The van der Waals surface area contributed by atoms with Crippen molar-refractivity contribution in [1.82, 2.24) is 9.97 Å². The maximum Gasteiger partial charge on any atom is 0.235 e. The van der Waals surface area contributed by atoms with Crippen LogP contribution < -0.4 is 11.1 Å². The average Bonchev–Trinajstić information content (AvgIpc) is 3.46. The van der Waals surface area contributed by atoms with Crippen LogP contribution in [-0.4, -0.2) is 21.6 Å². The number of aromatic nitrogens is 2. The average molecular weight is 385 g/mol. The molecule has 0 unspecified atom stereocenters. The van der Waals surface area contributed by atoms with E-state index < -0.39 is 0 Å². The largest absolute Gasteiger partial charge is 0.383 e. The Hall–Kier alpha value is -2.81. The van der Waals surface area contributed by atoms with E-state index in [1.54, 1.807) is 12.1 Å². The van der Waals surface area contributed by atoms with Gasteiger partial charge < -0.3 is 11.1 Å². The predicted octanol–water partition coefficient (Wildman–Crippen LogP) is 3.06. The summed E-state index contributed by atoms with van der Waals surface area (Å²) in [5, 5.41) is 22.3. The molecule has 1 fully saturated rings. The van der Waals surface area contributed by atoms with Crippen molar-refractivity contribution in [3.63, 3.8) is 0 Å². The van der Waals surface area contributed by atoms with Crippen molar-refractivity contribution in [2.24, 2.45) is 0 Å². The van der Waals surface area contributed by atoms with Gasteiger partial charge in [-0.1, -0.05) is 23.4 Å². The van der Waals surface area contributed by atoms with Gasteiger partial charge in [0.2, 0.25) is 5.91 Å². The zero-order valence-electron chi connectivity index (χ0n) is 13.5. The number of rotatable bonds is 5. The van der Waals surface area contributed by atoms with E-state index in [4.69, 9.17) is 17.3 Å². The fourth-order valence-corrected chi connectivity index (χ4v) is 3.39. The zero-order chi connectivity index (χ0) is 18.7. The third kappa shape index (κ3) is 3.88. The third-order valence-electron chi connectivity index (χ3n) is 3.77. The number of carbonyl (C=O) groups is 1. The molecule has 0 radical (unpaired) electrons. The molecule has 2 aromatic heterocycles. The summed E-state index contributed by atoms with van der Waals surface area (Å²) in [6.45, 7) is 0. The van der Waals surface area contributed by atoms with Gasteiger partial charge in [-0.15, -0.1) is 0 Å². The van der Waals surface area contributed by atoms with Gasteiger partial charge >= 0.3 is 0 Å². The summed E-state index contributed by atoms with van der Waals surface area (Å²) < 4.78 is 0. The van der Waals surface area contributed by atoms with E-state index in [9.17, 15) is 15.3 Å². The summed E-state index contributed by atoms with van der Waals surface area (Å²) in [4.78, 5) is 20.3. The van der Waals surface area contributed by atoms with Crippen LogP contribution in [0.5, 0.6) is 0 Å². The Kier molecular flexibility index (Phi) is 5.27. The van der Waals surface area contributed by atoms with Gasteiger partial charge in [0.05, 0.1) is 21.9 Å². The molecular formula is C17H13ClN6OS. The van der Waals surface area contributed by atoms with E-state index >= 15 is 0 Å². The number of anilines is 2. The number of nitrogens with one attached hydrogen (secondary N) is 1. The molecule has 0 aromatic carbocycles. The molecule has 26 heavy (non-hydrogen) atoms. The number of nitrogens with zero attached hydrogens (tertiary/aromatic N) is 4. The number of hydrogen-bond acceptors (Lipinski definition) is 7. The summed E-state index contributed by atoms with van der Waals surface area (Å²) in [6, 6.07) is 7.37. The highest BCUT2D eigenvalue weighted by Gasteiger charge is 2.32. The standard InChI is InChI=1S/C17H13ClN6OS/c18-10-3-4-13(22-7-10)23-14(25)8-26-17-12(6-20)15(9-1-2-9)11(5-19)16(21)24-17/h3-4,7,9H,1-2,8H2,(H2,21,24)(H,22,23,25). The summed E-state index contributed by atoms with van der Waals surface area (Å²) in [6.07, 6.45) is 3.27. The molecule has 1 amide bonds. The summed E-state index contributed by atoms with van der Waals surface area (Å²) in [7, 11) is 0. The van der Waals surface area contributed by atoms with Gasteiger partial charge in [-0.3, -0.25) is 4.79 Å². The van der Waals surface area contributed by atoms with Gasteiger partial charge in [0.25, 0.3) is 0 Å². The first-order valence-electron chi connectivity index (χ1n) is 7.71. The number of nitrogens with two attached hydrogens (primary N) is 1. The number of thioether (sulfide) groups is 1. The van der Waals surface area contributed by atoms with Crippen molar-refractivity contribution in [2.75, 3.05) is 16.8 Å². The van der Waals surface area contributed by atoms with Crippen LogP contribution in [-0.2, 0) is 4.79 Å². The minimum Gasteiger partial charge on any atom is -0.383 e. The van der Waals surface area contributed by atoms with Crippen LogP contribution in [0.2, 0.25) is 5.02 Å². The second kappa shape index (κ2) is 7.61. The second-order valence-electron chi connectivity index (χ2n) is 5.66. The molecule has 9 heteroatoms. The van der Waals surface area contributed by atoms with Gasteiger partial charge in [0.15, 0.2) is 0 Å². The molecular weight excluding hydrogens is 372 g/mol. The fourth-order valence-electron chi connectivity index (χ4n) is 2.47. The first-order valence-corrected chi connectivity index (χ1v) is 9.07. The van der Waals surface area contributed by atoms with Crippen LogP contribution in [0.3, 0.4) is 0 Å². The van der Waals surface area contributed by atoms with Gasteiger partial charge in [-0.25, -0.2) is 9.97 Å². The molecule has 0 aliphatic heterocycles. The zero-order valence-corrected chi connectivity index (χ0v) is 15.1. The molecule has 1 aliphatic rings. The number of amides is 1. The van der Waals surface area contributed by atoms with Crippen LogP contribution in [0.4, 0.5) is 11.6 Å². The van der Waals surface area contributed by atoms with Crippen LogP contribution in [0.15, 0.2) is 23.4 Å². The van der Waals surface area contributed by atoms with Crippen LogP contribution in [0.25, 0.3) is 0 Å². The SMILES string of the molecule is N#Cc1c(N)nc(SCC(=O)Nc2ccc(Cl)cn2)c(C#N)c1C1CC1. The highest BCUT2D eigenvalue weighted by molar-refractivity contribution is 8.00. The lowest BCUT2D eigenvalue weighted by molar-refractivity contribution is -0.113. The molecule has 2 aromatic rings. The molecule has 1 aliphatic carbocycles. The van der Waals surface area contributed by atoms with Gasteiger partial charge in [0, 0.05) is 6.20 Å². The molecule has 0 atom stereocenters. The quantitative estimate of drug-likeness (QED) is 0.757. The lowest BCUT2D eigenvalue weighted by Crippen LogP contribution is -2.15. The fraction of sp³-hybridized carbons (Fsp3) is 0.235. The maximum atomic E-state index is 12.1. The van der Waals surface area contributed by atoms with Gasteiger partial charge in [-0.2, -0.15) is 10.5 Å². The van der Waals surface area contributed by atoms with E-state index in [1.165, 1.54) is 6.20 Å². The lowest BCUT2D eigenvalue weighted by Gasteiger charge is -2.12. The molecule has 0 bridgehead atoms. The number of nitrogen functional groups attached to an aromatic ring is 1. The monoisotopic (exact) mass is 384 g/mol.